The van der Waals surface area contributed by atoms with Crippen molar-refractivity contribution in [1.29, 1.82) is 0 Å². The van der Waals surface area contributed by atoms with E-state index in [0.717, 1.165) is 19.6 Å². The average molecular weight is 588 g/mol. The van der Waals surface area contributed by atoms with Crippen LogP contribution in [0.25, 0.3) is 10.2 Å². The zero-order chi connectivity index (χ0) is 23.1. The van der Waals surface area contributed by atoms with Crippen LogP contribution in [0.1, 0.15) is 28.2 Å². The highest BCUT2D eigenvalue weighted by Gasteiger charge is 2.46. The number of carbonyl (C=O) groups excluding carboxylic acids is 2. The Morgan fingerprint density at radius 1 is 1.21 bits per heavy atom. The van der Waals surface area contributed by atoms with Crippen LogP contribution >= 0.6 is 45.3 Å². The number of thiophene rings is 1. The minimum absolute atomic E-state index is 0.0675. The molecule has 0 radical (unpaired) electrons. The smallest absolute Gasteiger partial charge is 0.296 e. The van der Waals surface area contributed by atoms with Crippen LogP contribution in [0.5, 0.6) is 5.75 Å². The number of Topliss-reactive ketones (excluding diaryl/α,β-unsaturated/α-hetero) is 1. The largest absolute Gasteiger partial charge is 0.503 e. The number of aliphatic hydroxyl groups is 1. The van der Waals surface area contributed by atoms with Crippen LogP contribution in [0.4, 0.5) is 5.13 Å². The molecule has 3 heterocycles. The van der Waals surface area contributed by atoms with Crippen LogP contribution in [0.3, 0.4) is 0 Å². The number of hydrogen-bond acceptors (Lipinski definition) is 7. The summed E-state index contributed by atoms with van der Waals surface area (Å²) in [4.78, 5) is 33.2. The molecule has 9 heteroatoms. The van der Waals surface area contributed by atoms with Gasteiger partial charge in [0.1, 0.15) is 5.75 Å². The van der Waals surface area contributed by atoms with Crippen LogP contribution < -0.4 is 9.64 Å². The van der Waals surface area contributed by atoms with E-state index in [4.69, 9.17) is 4.74 Å². The topological polar surface area (TPSA) is 79.7 Å². The summed E-state index contributed by atoms with van der Waals surface area (Å²) in [5.74, 6) is -0.813. The van der Waals surface area contributed by atoms with Crippen molar-refractivity contribution in [2.45, 2.75) is 13.0 Å². The normalized spacial score (nSPS) is 16.1. The van der Waals surface area contributed by atoms with Crippen LogP contribution in [0, 0.1) is 3.57 Å². The zero-order valence-electron chi connectivity index (χ0n) is 17.3. The number of fused-ring (bicyclic) bond motifs is 1. The highest BCUT2D eigenvalue weighted by atomic mass is 127. The summed E-state index contributed by atoms with van der Waals surface area (Å²) < 4.78 is 7.46. The number of ketones is 1. The summed E-state index contributed by atoms with van der Waals surface area (Å²) in [5, 5.41) is 13.1. The van der Waals surface area contributed by atoms with E-state index >= 15 is 0 Å². The summed E-state index contributed by atoms with van der Waals surface area (Å²) in [6.45, 7) is 2.46. The van der Waals surface area contributed by atoms with Crippen molar-refractivity contribution in [2.75, 3.05) is 11.5 Å². The van der Waals surface area contributed by atoms with Crippen LogP contribution in [0.15, 0.2) is 71.3 Å². The van der Waals surface area contributed by atoms with E-state index in [-0.39, 0.29) is 11.4 Å². The number of rotatable bonds is 6. The average Bonchev–Trinajstić information content (AvgIpc) is 3.53. The fraction of sp³-hybridized carbons (Fsp3) is 0.125. The molecule has 33 heavy (non-hydrogen) atoms. The summed E-state index contributed by atoms with van der Waals surface area (Å²) in [5.41, 5.74) is 1.50. The van der Waals surface area contributed by atoms with Gasteiger partial charge in [-0.1, -0.05) is 29.5 Å². The molecule has 1 unspecified atom stereocenters. The van der Waals surface area contributed by atoms with Crippen LogP contribution in [-0.4, -0.2) is 28.4 Å². The molecule has 2 aromatic heterocycles. The quantitative estimate of drug-likeness (QED) is 0.216. The number of benzene rings is 2. The Bertz CT molecular complexity index is 1390. The van der Waals surface area contributed by atoms with Gasteiger partial charge in [-0.3, -0.25) is 14.5 Å². The number of halogens is 1. The first-order chi connectivity index (χ1) is 16.0. The molecule has 0 bridgehead atoms. The lowest BCUT2D eigenvalue weighted by Gasteiger charge is -2.24. The van der Waals surface area contributed by atoms with Crippen molar-refractivity contribution in [3.8, 4) is 5.75 Å². The predicted molar refractivity (Wildman–Crippen MR) is 138 cm³/mol. The summed E-state index contributed by atoms with van der Waals surface area (Å²) >= 11 is 4.80. The summed E-state index contributed by atoms with van der Waals surface area (Å²) in [7, 11) is 0. The minimum Gasteiger partial charge on any atom is -0.503 e. The van der Waals surface area contributed by atoms with Gasteiger partial charge in [0.25, 0.3) is 5.91 Å². The third-order valence-electron chi connectivity index (χ3n) is 5.25. The molecule has 2 aromatic carbocycles. The van der Waals surface area contributed by atoms with E-state index in [0.29, 0.717) is 22.1 Å². The van der Waals surface area contributed by atoms with Crippen molar-refractivity contribution in [3.63, 3.8) is 0 Å². The second-order valence-corrected chi connectivity index (χ2v) is 10.5. The maximum Gasteiger partial charge on any atom is 0.296 e. The maximum absolute atomic E-state index is 13.4. The van der Waals surface area contributed by atoms with E-state index in [9.17, 15) is 14.7 Å². The number of carbonyl (C=O) groups is 2. The lowest BCUT2D eigenvalue weighted by atomic mass is 9.96. The van der Waals surface area contributed by atoms with Crippen molar-refractivity contribution in [3.05, 3.63) is 85.3 Å². The van der Waals surface area contributed by atoms with Crippen molar-refractivity contribution in [2.24, 2.45) is 0 Å². The Morgan fingerprint density at radius 3 is 2.70 bits per heavy atom. The molecule has 1 atom stereocenters. The molecule has 5 rings (SSSR count). The van der Waals surface area contributed by atoms with Gasteiger partial charge in [-0.05, 0) is 76.9 Å². The van der Waals surface area contributed by atoms with Gasteiger partial charge in [0.15, 0.2) is 10.9 Å². The van der Waals surface area contributed by atoms with E-state index in [2.05, 4.69) is 27.6 Å². The molecule has 1 aliphatic rings. The van der Waals surface area contributed by atoms with Gasteiger partial charge in [0, 0.05) is 3.57 Å². The number of amides is 1. The molecule has 0 saturated heterocycles. The number of hydrogen-bond donors (Lipinski definition) is 1. The number of aromatic nitrogens is 1. The first kappa shape index (κ1) is 22.1. The molecule has 0 aliphatic carbocycles. The fourth-order valence-corrected chi connectivity index (χ4v) is 5.85. The van der Waals surface area contributed by atoms with E-state index in [1.54, 1.807) is 17.5 Å². The molecule has 0 spiro atoms. The van der Waals surface area contributed by atoms with E-state index in [1.807, 2.05) is 49.4 Å². The van der Waals surface area contributed by atoms with Crippen molar-refractivity contribution in [1.82, 2.24) is 4.98 Å². The molecule has 0 fully saturated rings. The number of thiazole rings is 1. The molecule has 166 valence electrons. The van der Waals surface area contributed by atoms with Crippen molar-refractivity contribution >= 4 is 72.3 Å². The van der Waals surface area contributed by atoms with Gasteiger partial charge in [0.2, 0.25) is 5.78 Å². The molecule has 1 aliphatic heterocycles. The molecular formula is C24H17IN2O4S2. The summed E-state index contributed by atoms with van der Waals surface area (Å²) in [6, 6.07) is 15.8. The first-order valence-electron chi connectivity index (χ1n) is 10.1. The number of ether oxygens (including phenoxy) is 1. The third kappa shape index (κ3) is 3.94. The fourth-order valence-electron chi connectivity index (χ4n) is 3.79. The second-order valence-electron chi connectivity index (χ2n) is 7.26. The molecule has 6 nitrogen and oxygen atoms in total. The Balaban J connectivity index is 1.64. The zero-order valence-corrected chi connectivity index (χ0v) is 21.1. The van der Waals surface area contributed by atoms with Gasteiger partial charge in [0.05, 0.1) is 33.3 Å². The summed E-state index contributed by atoms with van der Waals surface area (Å²) in [6.07, 6.45) is 0. The highest BCUT2D eigenvalue weighted by Crippen LogP contribution is 2.44. The predicted octanol–water partition coefficient (Wildman–Crippen LogP) is 6.14. The van der Waals surface area contributed by atoms with Crippen LogP contribution in [-0.2, 0) is 4.79 Å². The second kappa shape index (κ2) is 8.88. The molecule has 1 N–H and O–H groups in total. The molecule has 1 amide bonds. The standard InChI is InChI=1S/C24H17IN2O4S2/c1-2-31-15-9-10-16-18(12-15)33-24(26-16)27-20(13-5-7-14(25)8-6-13)19(22(29)23(27)30)21(28)17-4-3-11-32-17/h3-12,20,29H,2H2,1H3. The molecule has 0 saturated carbocycles. The minimum atomic E-state index is -0.781. The molecule has 4 aromatic rings. The van der Waals surface area contributed by atoms with Gasteiger partial charge in [-0.15, -0.1) is 11.3 Å². The Labute approximate surface area is 211 Å². The monoisotopic (exact) mass is 588 g/mol. The Kier molecular flexibility index (Phi) is 5.94. The van der Waals surface area contributed by atoms with E-state index < -0.39 is 17.7 Å². The highest BCUT2D eigenvalue weighted by molar-refractivity contribution is 14.1. The van der Waals surface area contributed by atoms with Crippen LogP contribution in [0.2, 0.25) is 0 Å². The van der Waals surface area contributed by atoms with Gasteiger partial charge < -0.3 is 9.84 Å². The Morgan fingerprint density at radius 2 is 2.00 bits per heavy atom. The maximum atomic E-state index is 13.4. The lowest BCUT2D eigenvalue weighted by Crippen LogP contribution is -2.30. The van der Waals surface area contributed by atoms with Gasteiger partial charge in [-0.2, -0.15) is 0 Å². The Hall–Kier alpha value is -2.76. The van der Waals surface area contributed by atoms with Crippen molar-refractivity contribution < 1.29 is 19.4 Å². The third-order valence-corrected chi connectivity index (χ3v) is 7.85. The number of anilines is 1. The number of aliphatic hydroxyl groups excluding tert-OH is 1. The lowest BCUT2D eigenvalue weighted by molar-refractivity contribution is -0.117. The van der Waals surface area contributed by atoms with Gasteiger partial charge >= 0.3 is 0 Å². The van der Waals surface area contributed by atoms with E-state index in [1.165, 1.54) is 27.6 Å². The van der Waals surface area contributed by atoms with Gasteiger partial charge in [-0.25, -0.2) is 4.98 Å². The first-order valence-corrected chi connectivity index (χ1v) is 12.9. The SMILES string of the molecule is CCOc1ccc2nc(N3C(=O)C(O)=C(C(=O)c4cccs4)C3c3ccc(I)cc3)sc2c1. The molecular weight excluding hydrogens is 571 g/mol. The number of nitrogens with zero attached hydrogens (tertiary/aromatic N) is 2.